The summed E-state index contributed by atoms with van der Waals surface area (Å²) < 4.78 is 14.3. The molecule has 0 spiro atoms. The van der Waals surface area contributed by atoms with E-state index in [1.807, 2.05) is 4.90 Å². The third-order valence-corrected chi connectivity index (χ3v) is 4.86. The molecule has 1 aromatic rings. The minimum atomic E-state index is -0.539. The molecule has 2 heterocycles. The highest BCUT2D eigenvalue weighted by Crippen LogP contribution is 2.36. The summed E-state index contributed by atoms with van der Waals surface area (Å²) in [7, 11) is 1.61. The Kier molecular flexibility index (Phi) is 4.08. The van der Waals surface area contributed by atoms with Gasteiger partial charge in [0.1, 0.15) is 0 Å². The van der Waals surface area contributed by atoms with Crippen LogP contribution in [0.1, 0.15) is 48.9 Å². The third kappa shape index (κ3) is 2.61. The normalized spacial score (nSPS) is 25.3. The number of likely N-dealkylation sites (tertiary alicyclic amines) is 1. The second-order valence-electron chi connectivity index (χ2n) is 6.02. The van der Waals surface area contributed by atoms with Crippen LogP contribution in [0.5, 0.6) is 0 Å². The zero-order valence-electron chi connectivity index (χ0n) is 12.4. The summed E-state index contributed by atoms with van der Waals surface area (Å²) in [6, 6.07) is 1.79. The number of fused-ring (bicyclic) bond motifs is 1. The van der Waals surface area contributed by atoms with Gasteiger partial charge in [-0.05, 0) is 37.7 Å². The zero-order valence-corrected chi connectivity index (χ0v) is 12.4. The first-order chi connectivity index (χ1) is 10.2. The molecule has 1 aliphatic heterocycles. The SMILES string of the molecule is CNc1nccc(C(=O)N2CCCC3CCCCC32)c1F. The number of hydrogen-bond acceptors (Lipinski definition) is 3. The first-order valence-electron chi connectivity index (χ1n) is 7.85. The number of anilines is 1. The van der Waals surface area contributed by atoms with E-state index in [-0.39, 0.29) is 17.3 Å². The Balaban J connectivity index is 1.87. The molecule has 1 saturated carbocycles. The Morgan fingerprint density at radius 1 is 1.33 bits per heavy atom. The summed E-state index contributed by atoms with van der Waals surface area (Å²) in [5.74, 6) is 0.0223. The van der Waals surface area contributed by atoms with Gasteiger partial charge in [-0.1, -0.05) is 12.8 Å². The number of carbonyl (C=O) groups is 1. The molecule has 1 saturated heterocycles. The van der Waals surface area contributed by atoms with Crippen LogP contribution >= 0.6 is 0 Å². The molecule has 0 aromatic carbocycles. The lowest BCUT2D eigenvalue weighted by atomic mass is 9.78. The van der Waals surface area contributed by atoms with Gasteiger partial charge >= 0.3 is 0 Å². The maximum atomic E-state index is 14.3. The van der Waals surface area contributed by atoms with Gasteiger partial charge in [0.05, 0.1) is 5.56 Å². The largest absolute Gasteiger partial charge is 0.371 e. The minimum absolute atomic E-state index is 0.137. The average Bonchev–Trinajstić information content (AvgIpc) is 2.54. The Morgan fingerprint density at radius 2 is 2.10 bits per heavy atom. The number of rotatable bonds is 2. The summed E-state index contributed by atoms with van der Waals surface area (Å²) >= 11 is 0. The second kappa shape index (κ2) is 6.00. The number of aromatic nitrogens is 1. The highest BCUT2D eigenvalue weighted by Gasteiger charge is 2.36. The predicted octanol–water partition coefficient (Wildman–Crippen LogP) is 3.06. The van der Waals surface area contributed by atoms with Crippen LogP contribution in [0.3, 0.4) is 0 Å². The fourth-order valence-corrected chi connectivity index (χ4v) is 3.81. The van der Waals surface area contributed by atoms with E-state index in [2.05, 4.69) is 10.3 Å². The topological polar surface area (TPSA) is 45.2 Å². The standard InChI is InChI=1S/C16H22FN3O/c1-18-15-14(17)12(8-9-19-15)16(21)20-10-4-6-11-5-2-3-7-13(11)20/h8-9,11,13H,2-7,10H2,1H3,(H,18,19). The molecule has 2 unspecified atom stereocenters. The number of halogens is 1. The van der Waals surface area contributed by atoms with Gasteiger partial charge in [0, 0.05) is 25.8 Å². The molecule has 21 heavy (non-hydrogen) atoms. The van der Waals surface area contributed by atoms with Crippen LogP contribution in [0, 0.1) is 11.7 Å². The Labute approximate surface area is 124 Å². The van der Waals surface area contributed by atoms with Gasteiger partial charge in [-0.15, -0.1) is 0 Å². The molecule has 2 atom stereocenters. The summed E-state index contributed by atoms with van der Waals surface area (Å²) in [6.07, 6.45) is 8.41. The van der Waals surface area contributed by atoms with Crippen molar-refractivity contribution in [2.75, 3.05) is 18.9 Å². The van der Waals surface area contributed by atoms with Crippen molar-refractivity contribution >= 4 is 11.7 Å². The highest BCUT2D eigenvalue weighted by atomic mass is 19.1. The van der Waals surface area contributed by atoms with Gasteiger partial charge in [0.2, 0.25) is 0 Å². The van der Waals surface area contributed by atoms with Crippen LogP contribution in [0.25, 0.3) is 0 Å². The van der Waals surface area contributed by atoms with Gasteiger partial charge in [-0.25, -0.2) is 9.37 Å². The predicted molar refractivity (Wildman–Crippen MR) is 79.8 cm³/mol. The van der Waals surface area contributed by atoms with E-state index in [9.17, 15) is 9.18 Å². The van der Waals surface area contributed by atoms with Gasteiger partial charge in [-0.3, -0.25) is 4.79 Å². The first-order valence-corrected chi connectivity index (χ1v) is 7.85. The third-order valence-electron chi connectivity index (χ3n) is 4.86. The van der Waals surface area contributed by atoms with Crippen LogP contribution in [0.15, 0.2) is 12.3 Å². The van der Waals surface area contributed by atoms with Gasteiger partial charge in [-0.2, -0.15) is 0 Å². The minimum Gasteiger partial charge on any atom is -0.371 e. The molecule has 114 valence electrons. The number of nitrogens with zero attached hydrogens (tertiary/aromatic N) is 2. The molecule has 5 heteroatoms. The Bertz CT molecular complexity index is 532. The lowest BCUT2D eigenvalue weighted by Gasteiger charge is -2.44. The monoisotopic (exact) mass is 291 g/mol. The van der Waals surface area contributed by atoms with Crippen molar-refractivity contribution in [2.24, 2.45) is 5.92 Å². The first kappa shape index (κ1) is 14.3. The zero-order chi connectivity index (χ0) is 14.8. The fourth-order valence-electron chi connectivity index (χ4n) is 3.81. The van der Waals surface area contributed by atoms with E-state index >= 15 is 0 Å². The Hall–Kier alpha value is -1.65. The van der Waals surface area contributed by atoms with Crippen molar-refractivity contribution in [1.29, 1.82) is 0 Å². The lowest BCUT2D eigenvalue weighted by molar-refractivity contribution is 0.0386. The smallest absolute Gasteiger partial charge is 0.257 e. The average molecular weight is 291 g/mol. The maximum absolute atomic E-state index is 14.3. The van der Waals surface area contributed by atoms with E-state index in [0.717, 1.165) is 19.4 Å². The summed E-state index contributed by atoms with van der Waals surface area (Å²) in [6.45, 7) is 0.747. The molecule has 0 bridgehead atoms. The number of amides is 1. The van der Waals surface area contributed by atoms with Crippen LogP contribution in [0.2, 0.25) is 0 Å². The van der Waals surface area contributed by atoms with E-state index < -0.39 is 5.82 Å². The van der Waals surface area contributed by atoms with Crippen molar-refractivity contribution < 1.29 is 9.18 Å². The van der Waals surface area contributed by atoms with Crippen molar-refractivity contribution in [2.45, 2.75) is 44.6 Å². The van der Waals surface area contributed by atoms with Gasteiger partial charge in [0.25, 0.3) is 5.91 Å². The summed E-state index contributed by atoms with van der Waals surface area (Å²) in [4.78, 5) is 18.6. The summed E-state index contributed by atoms with van der Waals surface area (Å²) in [5.41, 5.74) is 0.139. The van der Waals surface area contributed by atoms with Gasteiger partial charge in [0.15, 0.2) is 11.6 Å². The number of carbonyl (C=O) groups excluding carboxylic acids is 1. The number of pyridine rings is 1. The highest BCUT2D eigenvalue weighted by molar-refractivity contribution is 5.95. The molecule has 0 radical (unpaired) electrons. The molecule has 1 amide bonds. The quantitative estimate of drug-likeness (QED) is 0.911. The molecule has 1 N–H and O–H groups in total. The van der Waals surface area contributed by atoms with Crippen molar-refractivity contribution in [3.8, 4) is 0 Å². The molecule has 4 nitrogen and oxygen atoms in total. The second-order valence-corrected chi connectivity index (χ2v) is 6.02. The molecule has 2 fully saturated rings. The number of hydrogen-bond donors (Lipinski definition) is 1. The van der Waals surface area contributed by atoms with Gasteiger partial charge < -0.3 is 10.2 Å². The van der Waals surface area contributed by atoms with Crippen molar-refractivity contribution in [1.82, 2.24) is 9.88 Å². The lowest BCUT2D eigenvalue weighted by Crippen LogP contribution is -2.49. The molecular formula is C16H22FN3O. The van der Waals surface area contributed by atoms with Crippen molar-refractivity contribution in [3.63, 3.8) is 0 Å². The molecule has 1 aromatic heterocycles. The van der Waals surface area contributed by atoms with E-state index in [4.69, 9.17) is 0 Å². The van der Waals surface area contributed by atoms with Crippen LogP contribution in [-0.4, -0.2) is 35.4 Å². The maximum Gasteiger partial charge on any atom is 0.257 e. The van der Waals surface area contributed by atoms with Crippen LogP contribution in [0.4, 0.5) is 10.2 Å². The fraction of sp³-hybridized carbons (Fsp3) is 0.625. The number of nitrogens with one attached hydrogen (secondary N) is 1. The molecule has 3 rings (SSSR count). The van der Waals surface area contributed by atoms with Crippen LogP contribution in [-0.2, 0) is 0 Å². The Morgan fingerprint density at radius 3 is 2.90 bits per heavy atom. The van der Waals surface area contributed by atoms with E-state index in [1.165, 1.54) is 37.9 Å². The molecule has 1 aliphatic carbocycles. The van der Waals surface area contributed by atoms with Crippen molar-refractivity contribution in [3.05, 3.63) is 23.6 Å². The van der Waals surface area contributed by atoms with E-state index in [0.29, 0.717) is 12.0 Å². The summed E-state index contributed by atoms with van der Waals surface area (Å²) in [5, 5.41) is 2.69. The number of piperidine rings is 1. The molecular weight excluding hydrogens is 269 g/mol. The van der Waals surface area contributed by atoms with E-state index in [1.54, 1.807) is 7.05 Å². The molecule has 2 aliphatic rings. The van der Waals surface area contributed by atoms with Crippen LogP contribution < -0.4 is 5.32 Å².